The maximum atomic E-state index is 10.4. The molecule has 124 valence electrons. The zero-order valence-electron chi connectivity index (χ0n) is 14.0. The number of hydrogen-bond donors (Lipinski definition) is 2. The molecule has 2 rings (SSSR count). The first-order valence-corrected chi connectivity index (χ1v) is 8.43. The van der Waals surface area contributed by atoms with Crippen molar-refractivity contribution >= 4 is 5.82 Å². The van der Waals surface area contributed by atoms with E-state index in [9.17, 15) is 10.2 Å². The number of aliphatic hydroxyl groups excluding tert-OH is 2. The minimum atomic E-state index is -0.438. The molecule has 0 bridgehead atoms. The van der Waals surface area contributed by atoms with Gasteiger partial charge in [0.15, 0.2) is 0 Å². The van der Waals surface area contributed by atoms with Crippen molar-refractivity contribution in [2.75, 3.05) is 24.6 Å². The minimum Gasteiger partial charge on any atom is -0.396 e. The predicted octanol–water partition coefficient (Wildman–Crippen LogP) is 2.09. The average Bonchev–Trinajstić information content (AvgIpc) is 2.49. The first-order valence-electron chi connectivity index (χ1n) is 8.43. The molecule has 2 N–H and O–H groups in total. The van der Waals surface area contributed by atoms with Crippen LogP contribution in [-0.2, 0) is 6.42 Å². The van der Waals surface area contributed by atoms with Crippen LogP contribution in [0.3, 0.4) is 0 Å². The van der Waals surface area contributed by atoms with E-state index in [0.717, 1.165) is 49.6 Å². The van der Waals surface area contributed by atoms with E-state index in [0.29, 0.717) is 13.0 Å². The van der Waals surface area contributed by atoms with Crippen LogP contribution >= 0.6 is 0 Å². The maximum Gasteiger partial charge on any atom is 0.132 e. The molecular formula is C17H29N3O2. The van der Waals surface area contributed by atoms with Crippen LogP contribution in [0.4, 0.5) is 5.82 Å². The van der Waals surface area contributed by atoms with E-state index in [1.54, 1.807) is 0 Å². The number of nitrogens with zero attached hydrogens (tertiary/aromatic N) is 3. The molecule has 5 heteroatoms. The Bertz CT molecular complexity index is 495. The summed E-state index contributed by atoms with van der Waals surface area (Å²) in [5, 5.41) is 20.3. The summed E-state index contributed by atoms with van der Waals surface area (Å²) < 4.78 is 0. The number of aromatic nitrogens is 2. The molecule has 1 aromatic rings. The summed E-state index contributed by atoms with van der Waals surface area (Å²) in [6, 6.07) is 2.00. The minimum absolute atomic E-state index is 0.0182. The molecule has 0 aromatic carbocycles. The monoisotopic (exact) mass is 307 g/mol. The molecule has 22 heavy (non-hydrogen) atoms. The Kier molecular flexibility index (Phi) is 5.75. The van der Waals surface area contributed by atoms with Gasteiger partial charge in [-0.05, 0) is 26.2 Å². The maximum absolute atomic E-state index is 10.4. The Labute approximate surface area is 133 Å². The van der Waals surface area contributed by atoms with Gasteiger partial charge in [0, 0.05) is 36.7 Å². The molecule has 0 spiro atoms. The normalized spacial score (nSPS) is 25.5. The Morgan fingerprint density at radius 1 is 1.32 bits per heavy atom. The second-order valence-corrected chi connectivity index (χ2v) is 6.53. The first-order chi connectivity index (χ1) is 10.5. The van der Waals surface area contributed by atoms with Gasteiger partial charge in [0.05, 0.1) is 12.7 Å². The average molecular weight is 307 g/mol. The number of hydrogen-bond acceptors (Lipinski definition) is 5. The fourth-order valence-corrected chi connectivity index (χ4v) is 3.43. The lowest BCUT2D eigenvalue weighted by atomic mass is 9.74. The van der Waals surface area contributed by atoms with Gasteiger partial charge >= 0.3 is 0 Å². The third-order valence-electron chi connectivity index (χ3n) is 4.63. The third-order valence-corrected chi connectivity index (χ3v) is 4.63. The Morgan fingerprint density at radius 2 is 2.09 bits per heavy atom. The molecule has 0 unspecified atom stereocenters. The SMILES string of the molecule is CCCc1nc(C)cc(N2CC[C@H](O)[C@@](CO)(CCC)C2)n1. The second-order valence-electron chi connectivity index (χ2n) is 6.53. The van der Waals surface area contributed by atoms with Crippen molar-refractivity contribution in [2.45, 2.75) is 59.0 Å². The highest BCUT2D eigenvalue weighted by molar-refractivity contribution is 5.41. The van der Waals surface area contributed by atoms with Gasteiger partial charge in [-0.25, -0.2) is 9.97 Å². The molecule has 1 aromatic heterocycles. The molecular weight excluding hydrogens is 278 g/mol. The zero-order valence-corrected chi connectivity index (χ0v) is 14.0. The quantitative estimate of drug-likeness (QED) is 0.842. The van der Waals surface area contributed by atoms with Crippen molar-refractivity contribution in [3.8, 4) is 0 Å². The van der Waals surface area contributed by atoms with E-state index < -0.39 is 11.5 Å². The van der Waals surface area contributed by atoms with Crippen molar-refractivity contribution in [3.05, 3.63) is 17.6 Å². The highest BCUT2D eigenvalue weighted by atomic mass is 16.3. The largest absolute Gasteiger partial charge is 0.396 e. The summed E-state index contributed by atoms with van der Waals surface area (Å²) in [5.41, 5.74) is 0.543. The third kappa shape index (κ3) is 3.58. The molecule has 0 radical (unpaired) electrons. The van der Waals surface area contributed by atoms with E-state index >= 15 is 0 Å². The van der Waals surface area contributed by atoms with E-state index in [4.69, 9.17) is 0 Å². The van der Waals surface area contributed by atoms with Crippen LogP contribution in [0.1, 0.15) is 51.0 Å². The Morgan fingerprint density at radius 3 is 2.73 bits per heavy atom. The summed E-state index contributed by atoms with van der Waals surface area (Å²) >= 11 is 0. The van der Waals surface area contributed by atoms with Gasteiger partial charge in [0.2, 0.25) is 0 Å². The van der Waals surface area contributed by atoms with Crippen molar-refractivity contribution in [1.29, 1.82) is 0 Å². The van der Waals surface area contributed by atoms with Crippen LogP contribution in [0.2, 0.25) is 0 Å². The molecule has 1 aliphatic rings. The molecule has 0 amide bonds. The molecule has 1 saturated heterocycles. The fraction of sp³-hybridized carbons (Fsp3) is 0.765. The number of aliphatic hydroxyl groups is 2. The predicted molar refractivity (Wildman–Crippen MR) is 88.0 cm³/mol. The van der Waals surface area contributed by atoms with Crippen molar-refractivity contribution in [2.24, 2.45) is 5.41 Å². The highest BCUT2D eigenvalue weighted by Gasteiger charge is 2.42. The van der Waals surface area contributed by atoms with Crippen LogP contribution in [0, 0.1) is 12.3 Å². The van der Waals surface area contributed by atoms with Crippen LogP contribution in [-0.4, -0.2) is 46.0 Å². The number of aryl methyl sites for hydroxylation is 2. The van der Waals surface area contributed by atoms with Gasteiger partial charge in [-0.3, -0.25) is 0 Å². The first kappa shape index (κ1) is 17.2. The lowest BCUT2D eigenvalue weighted by Crippen LogP contribution is -2.54. The molecule has 1 aliphatic heterocycles. The van der Waals surface area contributed by atoms with E-state index in [1.807, 2.05) is 13.0 Å². The number of anilines is 1. The van der Waals surface area contributed by atoms with E-state index in [1.165, 1.54) is 0 Å². The lowest BCUT2D eigenvalue weighted by Gasteiger charge is -2.45. The van der Waals surface area contributed by atoms with Gasteiger partial charge in [0.1, 0.15) is 11.6 Å². The van der Waals surface area contributed by atoms with Crippen molar-refractivity contribution in [1.82, 2.24) is 9.97 Å². The molecule has 0 saturated carbocycles. The topological polar surface area (TPSA) is 69.5 Å². The van der Waals surface area contributed by atoms with Gasteiger partial charge < -0.3 is 15.1 Å². The summed E-state index contributed by atoms with van der Waals surface area (Å²) in [6.45, 7) is 7.66. The number of rotatable bonds is 6. The second kappa shape index (κ2) is 7.38. The standard InChI is InChI=1S/C17H29N3O2/c1-4-6-15-18-13(3)10-16(19-15)20-9-7-14(22)17(11-20,12-21)8-5-2/h10,14,21-22H,4-9,11-12H2,1-3H3/t14-,17-/m0/s1. The van der Waals surface area contributed by atoms with Gasteiger partial charge in [0.25, 0.3) is 0 Å². The van der Waals surface area contributed by atoms with Crippen molar-refractivity contribution in [3.63, 3.8) is 0 Å². The van der Waals surface area contributed by atoms with Crippen LogP contribution < -0.4 is 4.90 Å². The summed E-state index contributed by atoms with van der Waals surface area (Å²) in [5.74, 6) is 1.81. The molecule has 2 atom stereocenters. The summed E-state index contributed by atoms with van der Waals surface area (Å²) in [4.78, 5) is 11.4. The Hall–Kier alpha value is -1.20. The highest BCUT2D eigenvalue weighted by Crippen LogP contribution is 2.36. The van der Waals surface area contributed by atoms with E-state index in [2.05, 4.69) is 28.7 Å². The van der Waals surface area contributed by atoms with Crippen LogP contribution in [0.15, 0.2) is 6.07 Å². The Balaban J connectivity index is 2.25. The molecule has 0 aliphatic carbocycles. The zero-order chi connectivity index (χ0) is 16.2. The smallest absolute Gasteiger partial charge is 0.132 e. The summed E-state index contributed by atoms with van der Waals surface area (Å²) in [6.07, 6.45) is 3.92. The fourth-order valence-electron chi connectivity index (χ4n) is 3.43. The van der Waals surface area contributed by atoms with E-state index in [-0.39, 0.29) is 6.61 Å². The molecule has 1 fully saturated rings. The lowest BCUT2D eigenvalue weighted by molar-refractivity contribution is -0.0353. The van der Waals surface area contributed by atoms with Gasteiger partial charge in [-0.1, -0.05) is 20.3 Å². The molecule has 2 heterocycles. The molecule has 5 nitrogen and oxygen atoms in total. The number of piperidine rings is 1. The van der Waals surface area contributed by atoms with Crippen LogP contribution in [0.25, 0.3) is 0 Å². The van der Waals surface area contributed by atoms with Gasteiger partial charge in [-0.2, -0.15) is 0 Å². The summed E-state index contributed by atoms with van der Waals surface area (Å²) in [7, 11) is 0. The van der Waals surface area contributed by atoms with Crippen LogP contribution in [0.5, 0.6) is 0 Å². The van der Waals surface area contributed by atoms with Crippen molar-refractivity contribution < 1.29 is 10.2 Å². The van der Waals surface area contributed by atoms with Gasteiger partial charge in [-0.15, -0.1) is 0 Å².